The monoisotopic (exact) mass is 320 g/mol. The highest BCUT2D eigenvalue weighted by atomic mass is 19.2. The Morgan fingerprint density at radius 3 is 2.74 bits per heavy atom. The van der Waals surface area contributed by atoms with Gasteiger partial charge < -0.3 is 0 Å². The first-order valence-corrected chi connectivity index (χ1v) is 7.27. The van der Waals surface area contributed by atoms with E-state index in [0.717, 1.165) is 17.7 Å². The summed E-state index contributed by atoms with van der Waals surface area (Å²) >= 11 is 0. The lowest BCUT2D eigenvalue weighted by Crippen LogP contribution is -2.21. The molecule has 1 aromatic heterocycles. The minimum atomic E-state index is -1.33. The average molecular weight is 320 g/mol. The van der Waals surface area contributed by atoms with Gasteiger partial charge in [-0.1, -0.05) is 17.7 Å². The quantitative estimate of drug-likeness (QED) is 0.865. The van der Waals surface area contributed by atoms with Crippen LogP contribution in [0.15, 0.2) is 47.1 Å². The minimum absolute atomic E-state index is 0.0379. The van der Waals surface area contributed by atoms with Crippen LogP contribution in [0.1, 0.15) is 19.8 Å². The number of alkyl halides is 1. The fourth-order valence-electron chi connectivity index (χ4n) is 2.50. The lowest BCUT2D eigenvalue weighted by atomic mass is 9.94. The molecule has 2 aromatic rings. The summed E-state index contributed by atoms with van der Waals surface area (Å²) in [6.45, 7) is 1.84. The topological polar surface area (TPSA) is 34.9 Å². The van der Waals surface area contributed by atoms with E-state index in [2.05, 4.69) is 4.98 Å². The molecule has 0 amide bonds. The highest BCUT2D eigenvalue weighted by Crippen LogP contribution is 2.25. The number of hydrogen-bond acceptors (Lipinski definition) is 2. The van der Waals surface area contributed by atoms with Gasteiger partial charge in [-0.25, -0.2) is 18.2 Å². The van der Waals surface area contributed by atoms with Crippen LogP contribution >= 0.6 is 0 Å². The van der Waals surface area contributed by atoms with E-state index in [1.54, 1.807) is 12.2 Å². The first-order valence-electron chi connectivity index (χ1n) is 7.27. The Labute approximate surface area is 130 Å². The molecule has 1 aliphatic rings. The maximum absolute atomic E-state index is 13.7. The third kappa shape index (κ3) is 3.21. The molecule has 0 aliphatic heterocycles. The van der Waals surface area contributed by atoms with Gasteiger partial charge >= 0.3 is 0 Å². The fraction of sp³-hybridized carbons (Fsp3) is 0.294. The van der Waals surface area contributed by atoms with Gasteiger partial charge in [-0.15, -0.1) is 0 Å². The van der Waals surface area contributed by atoms with Crippen LogP contribution in [0.5, 0.6) is 0 Å². The molecule has 23 heavy (non-hydrogen) atoms. The maximum Gasteiger partial charge on any atom is 0.261 e. The lowest BCUT2D eigenvalue weighted by molar-refractivity contribution is 0.258. The van der Waals surface area contributed by atoms with E-state index in [4.69, 9.17) is 0 Å². The summed E-state index contributed by atoms with van der Waals surface area (Å²) in [5.41, 5.74) is -0.705. The molecule has 3 nitrogen and oxygen atoms in total. The molecule has 0 saturated heterocycles. The van der Waals surface area contributed by atoms with Crippen molar-refractivity contribution >= 4 is 10.9 Å². The number of allylic oxidation sites excluding steroid dienone is 4. The van der Waals surface area contributed by atoms with E-state index in [1.807, 2.05) is 0 Å². The number of fused-ring (bicyclic) bond motifs is 1. The van der Waals surface area contributed by atoms with E-state index in [1.165, 1.54) is 23.9 Å². The van der Waals surface area contributed by atoms with Crippen LogP contribution in [0.4, 0.5) is 13.2 Å². The van der Waals surface area contributed by atoms with E-state index in [0.29, 0.717) is 19.4 Å². The van der Waals surface area contributed by atoms with Gasteiger partial charge in [0.1, 0.15) is 5.67 Å². The molecule has 1 atom stereocenters. The summed E-state index contributed by atoms with van der Waals surface area (Å²) < 4.78 is 41.5. The second kappa shape index (κ2) is 5.68. The number of aromatic nitrogens is 2. The Morgan fingerprint density at radius 2 is 2.04 bits per heavy atom. The van der Waals surface area contributed by atoms with Crippen molar-refractivity contribution in [1.82, 2.24) is 9.55 Å². The van der Waals surface area contributed by atoms with Gasteiger partial charge in [0.15, 0.2) is 11.6 Å². The number of rotatable bonds is 3. The molecule has 6 heteroatoms. The molecule has 0 bridgehead atoms. The molecule has 0 spiro atoms. The number of aryl methyl sites for hydroxylation is 1. The standard InChI is InChI=1S/C17H15F3N2O/c1-17(20)5-2-11(3-6-17)4-7-22-10-21-15-9-14(19)13(18)8-12(15)16(22)23/h2-3,5,8-10H,4,6-7H2,1H3. The van der Waals surface area contributed by atoms with Gasteiger partial charge in [0.05, 0.1) is 17.2 Å². The summed E-state index contributed by atoms with van der Waals surface area (Å²) in [6, 6.07) is 1.77. The van der Waals surface area contributed by atoms with Crippen molar-refractivity contribution < 1.29 is 13.2 Å². The Kier molecular flexibility index (Phi) is 3.83. The molecule has 0 saturated carbocycles. The Balaban J connectivity index is 1.83. The van der Waals surface area contributed by atoms with Gasteiger partial charge in [-0.2, -0.15) is 0 Å². The van der Waals surface area contributed by atoms with Gasteiger partial charge in [0, 0.05) is 19.0 Å². The molecule has 0 radical (unpaired) electrons. The third-order valence-electron chi connectivity index (χ3n) is 3.92. The number of nitrogens with zero attached hydrogens (tertiary/aromatic N) is 2. The molecular weight excluding hydrogens is 305 g/mol. The summed E-state index contributed by atoms with van der Waals surface area (Å²) in [5, 5.41) is 0.0379. The number of halogens is 3. The van der Waals surface area contributed by atoms with Crippen molar-refractivity contribution in [2.24, 2.45) is 0 Å². The van der Waals surface area contributed by atoms with Crippen molar-refractivity contribution in [3.8, 4) is 0 Å². The maximum atomic E-state index is 13.7. The summed E-state index contributed by atoms with van der Waals surface area (Å²) in [7, 11) is 0. The van der Waals surface area contributed by atoms with Crippen LogP contribution in [0.2, 0.25) is 0 Å². The van der Waals surface area contributed by atoms with Gasteiger partial charge in [0.2, 0.25) is 0 Å². The summed E-state index contributed by atoms with van der Waals surface area (Å²) in [5.74, 6) is -2.11. The summed E-state index contributed by atoms with van der Waals surface area (Å²) in [6.07, 6.45) is 7.15. The predicted octanol–water partition coefficient (Wildman–Crippen LogP) is 3.68. The second-order valence-electron chi connectivity index (χ2n) is 5.87. The lowest BCUT2D eigenvalue weighted by Gasteiger charge is -2.18. The van der Waals surface area contributed by atoms with Crippen molar-refractivity contribution in [2.45, 2.75) is 32.0 Å². The van der Waals surface area contributed by atoms with Crippen LogP contribution in [-0.2, 0) is 6.54 Å². The Bertz CT molecular complexity index is 881. The number of hydrogen-bond donors (Lipinski definition) is 0. The molecule has 1 aliphatic carbocycles. The van der Waals surface area contributed by atoms with Crippen LogP contribution in [0.25, 0.3) is 10.9 Å². The predicted molar refractivity (Wildman–Crippen MR) is 81.9 cm³/mol. The highest BCUT2D eigenvalue weighted by molar-refractivity contribution is 5.77. The molecule has 1 unspecified atom stereocenters. The van der Waals surface area contributed by atoms with Crippen molar-refractivity contribution in [3.63, 3.8) is 0 Å². The van der Waals surface area contributed by atoms with Crippen LogP contribution in [0.3, 0.4) is 0 Å². The SMILES string of the molecule is CC1(F)C=CC(CCn2cnc3cc(F)c(F)cc3c2=O)=CC1. The van der Waals surface area contributed by atoms with Crippen LogP contribution in [0, 0.1) is 11.6 Å². The minimum Gasteiger partial charge on any atom is -0.298 e. The average Bonchev–Trinajstić information content (AvgIpc) is 2.50. The van der Waals surface area contributed by atoms with E-state index in [-0.39, 0.29) is 10.9 Å². The molecule has 120 valence electrons. The first-order chi connectivity index (χ1) is 10.9. The van der Waals surface area contributed by atoms with E-state index < -0.39 is 22.9 Å². The molecule has 0 N–H and O–H groups in total. The number of benzene rings is 1. The molecular formula is C17H15F3N2O. The van der Waals surface area contributed by atoms with Crippen LogP contribution < -0.4 is 5.56 Å². The van der Waals surface area contributed by atoms with Crippen molar-refractivity contribution in [1.29, 1.82) is 0 Å². The van der Waals surface area contributed by atoms with Crippen LogP contribution in [-0.4, -0.2) is 15.2 Å². The molecule has 1 aromatic carbocycles. The second-order valence-corrected chi connectivity index (χ2v) is 5.87. The Morgan fingerprint density at radius 1 is 1.30 bits per heavy atom. The first kappa shape index (κ1) is 15.5. The van der Waals surface area contributed by atoms with Gasteiger partial charge in [0.25, 0.3) is 5.56 Å². The zero-order chi connectivity index (χ0) is 16.6. The largest absolute Gasteiger partial charge is 0.298 e. The molecule has 3 rings (SSSR count). The van der Waals surface area contributed by atoms with Crippen molar-refractivity contribution in [3.05, 3.63) is 64.2 Å². The zero-order valence-electron chi connectivity index (χ0n) is 12.5. The molecule has 0 fully saturated rings. The zero-order valence-corrected chi connectivity index (χ0v) is 12.5. The normalized spacial score (nSPS) is 20.8. The smallest absolute Gasteiger partial charge is 0.261 e. The van der Waals surface area contributed by atoms with E-state index >= 15 is 0 Å². The molecule has 1 heterocycles. The van der Waals surface area contributed by atoms with Gasteiger partial charge in [-0.05, 0) is 25.5 Å². The fourth-order valence-corrected chi connectivity index (χ4v) is 2.50. The summed E-state index contributed by atoms with van der Waals surface area (Å²) in [4.78, 5) is 16.3. The van der Waals surface area contributed by atoms with Gasteiger partial charge in [-0.3, -0.25) is 9.36 Å². The van der Waals surface area contributed by atoms with Crippen molar-refractivity contribution in [2.75, 3.05) is 0 Å². The van der Waals surface area contributed by atoms with E-state index in [9.17, 15) is 18.0 Å². The third-order valence-corrected chi connectivity index (χ3v) is 3.92. The Hall–Kier alpha value is -2.37. The highest BCUT2D eigenvalue weighted by Gasteiger charge is 2.20.